The standard InChI is InChI=1S/C27H35N5O2S2/c1-18-9-7-10-19(15-18)32-26-23(25(29-32)27(2,3)4)24(20-11-8-14-35-20)36-17-22(34)31(26)16-21(33)28-12-13-30(5)6/h7-11,14-15,24H,12-13,16-17H2,1-6H3,(H,28,33)/t24-/m1/s1. The molecule has 0 bridgehead atoms. The number of likely N-dealkylation sites (N-methyl/N-ethyl adjacent to an activating group) is 1. The van der Waals surface area contributed by atoms with E-state index in [1.807, 2.05) is 54.9 Å². The molecule has 1 aromatic carbocycles. The van der Waals surface area contributed by atoms with Gasteiger partial charge in [0.15, 0.2) is 0 Å². The molecular weight excluding hydrogens is 490 g/mol. The summed E-state index contributed by atoms with van der Waals surface area (Å²) < 4.78 is 1.88. The van der Waals surface area contributed by atoms with Crippen molar-refractivity contribution >= 4 is 40.7 Å². The maximum atomic E-state index is 13.6. The molecule has 0 spiro atoms. The molecule has 1 atom stereocenters. The molecule has 1 aliphatic heterocycles. The molecule has 0 saturated carbocycles. The first-order chi connectivity index (χ1) is 17.1. The Kier molecular flexibility index (Phi) is 7.92. The number of carbonyl (C=O) groups excluding carboxylic acids is 2. The van der Waals surface area contributed by atoms with Crippen LogP contribution in [0.2, 0.25) is 0 Å². The molecule has 3 aromatic rings. The zero-order valence-corrected chi connectivity index (χ0v) is 23.5. The van der Waals surface area contributed by atoms with E-state index < -0.39 is 0 Å². The van der Waals surface area contributed by atoms with Gasteiger partial charge in [-0.25, -0.2) is 4.68 Å². The van der Waals surface area contributed by atoms with Gasteiger partial charge in [0.05, 0.1) is 22.4 Å². The van der Waals surface area contributed by atoms with Gasteiger partial charge >= 0.3 is 0 Å². The number of aromatic nitrogens is 2. The Labute approximate surface area is 221 Å². The number of amides is 2. The molecule has 2 amide bonds. The molecule has 4 rings (SSSR count). The first-order valence-corrected chi connectivity index (χ1v) is 14.1. The molecule has 0 radical (unpaired) electrons. The highest BCUT2D eigenvalue weighted by Crippen LogP contribution is 2.49. The second kappa shape index (κ2) is 10.8. The predicted octanol–water partition coefficient (Wildman–Crippen LogP) is 4.39. The minimum Gasteiger partial charge on any atom is -0.353 e. The molecule has 2 aromatic heterocycles. The van der Waals surface area contributed by atoms with Crippen LogP contribution in [-0.2, 0) is 15.0 Å². The molecule has 36 heavy (non-hydrogen) atoms. The number of thioether (sulfide) groups is 1. The minimum absolute atomic E-state index is 0.0430. The molecule has 0 aliphatic carbocycles. The summed E-state index contributed by atoms with van der Waals surface area (Å²) in [6.07, 6.45) is 0. The quantitative estimate of drug-likeness (QED) is 0.496. The average molecular weight is 526 g/mol. The van der Waals surface area contributed by atoms with Gasteiger partial charge in [0.1, 0.15) is 12.4 Å². The van der Waals surface area contributed by atoms with Crippen molar-refractivity contribution in [1.82, 2.24) is 20.0 Å². The van der Waals surface area contributed by atoms with E-state index in [1.165, 1.54) is 4.88 Å². The Morgan fingerprint density at radius 1 is 1.22 bits per heavy atom. The van der Waals surface area contributed by atoms with Crippen molar-refractivity contribution in [2.24, 2.45) is 0 Å². The van der Waals surface area contributed by atoms with E-state index in [0.717, 1.165) is 29.1 Å². The van der Waals surface area contributed by atoms with E-state index in [-0.39, 0.29) is 29.0 Å². The van der Waals surface area contributed by atoms with Gasteiger partial charge in [-0.3, -0.25) is 14.5 Å². The van der Waals surface area contributed by atoms with Gasteiger partial charge in [-0.05, 0) is 50.2 Å². The van der Waals surface area contributed by atoms with Gasteiger partial charge in [0.2, 0.25) is 11.8 Å². The minimum atomic E-state index is -0.262. The van der Waals surface area contributed by atoms with Crippen LogP contribution in [0.1, 0.15) is 47.7 Å². The smallest absolute Gasteiger partial charge is 0.240 e. The second-order valence-electron chi connectivity index (χ2n) is 10.4. The molecule has 3 heterocycles. The molecule has 0 unspecified atom stereocenters. The summed E-state index contributed by atoms with van der Waals surface area (Å²) >= 11 is 3.30. The first kappa shape index (κ1) is 26.4. The number of nitrogens with one attached hydrogen (secondary N) is 1. The summed E-state index contributed by atoms with van der Waals surface area (Å²) in [6.45, 7) is 9.71. The van der Waals surface area contributed by atoms with Gasteiger partial charge in [-0.2, -0.15) is 5.10 Å². The monoisotopic (exact) mass is 525 g/mol. The Morgan fingerprint density at radius 2 is 2.00 bits per heavy atom. The number of hydrogen-bond donors (Lipinski definition) is 1. The van der Waals surface area contributed by atoms with Crippen LogP contribution in [0, 0.1) is 6.92 Å². The third-order valence-corrected chi connectivity index (χ3v) is 8.35. The summed E-state index contributed by atoms with van der Waals surface area (Å²) in [5.74, 6) is 0.726. The summed E-state index contributed by atoms with van der Waals surface area (Å²) in [5.41, 5.74) is 3.68. The fourth-order valence-electron chi connectivity index (χ4n) is 4.30. The Bertz CT molecular complexity index is 1230. The number of thiophene rings is 1. The maximum Gasteiger partial charge on any atom is 0.240 e. The lowest BCUT2D eigenvalue weighted by atomic mass is 9.88. The van der Waals surface area contributed by atoms with E-state index in [9.17, 15) is 9.59 Å². The van der Waals surface area contributed by atoms with Crippen LogP contribution in [-0.4, -0.2) is 66.0 Å². The SMILES string of the molecule is Cc1cccc(-n2nc(C(C)(C)C)c3c2N(CC(=O)NCCN(C)C)C(=O)CS[C@@H]3c2cccs2)c1. The van der Waals surface area contributed by atoms with Gasteiger partial charge in [-0.1, -0.05) is 39.0 Å². The molecule has 1 N–H and O–H groups in total. The summed E-state index contributed by atoms with van der Waals surface area (Å²) in [6, 6.07) is 12.3. The van der Waals surface area contributed by atoms with E-state index >= 15 is 0 Å². The fraction of sp³-hybridized carbons (Fsp3) is 0.444. The average Bonchev–Trinajstić information content (AvgIpc) is 3.43. The molecular formula is C27H35N5O2S2. The molecule has 7 nitrogen and oxygen atoms in total. The van der Waals surface area contributed by atoms with Crippen LogP contribution in [0.25, 0.3) is 5.69 Å². The Hall–Kier alpha value is -2.62. The zero-order chi connectivity index (χ0) is 26.0. The third kappa shape index (κ3) is 5.68. The van der Waals surface area contributed by atoms with Crippen molar-refractivity contribution in [2.45, 2.75) is 38.4 Å². The number of benzene rings is 1. The molecule has 9 heteroatoms. The highest BCUT2D eigenvalue weighted by Gasteiger charge is 2.40. The van der Waals surface area contributed by atoms with Gasteiger partial charge in [0, 0.05) is 28.9 Å². The van der Waals surface area contributed by atoms with E-state index in [1.54, 1.807) is 28.0 Å². The third-order valence-electron chi connectivity index (χ3n) is 6.03. The van der Waals surface area contributed by atoms with Crippen LogP contribution in [0.3, 0.4) is 0 Å². The van der Waals surface area contributed by atoms with E-state index in [2.05, 4.69) is 43.6 Å². The second-order valence-corrected chi connectivity index (χ2v) is 12.5. The largest absolute Gasteiger partial charge is 0.353 e. The summed E-state index contributed by atoms with van der Waals surface area (Å²) in [7, 11) is 3.93. The number of nitrogens with zero attached hydrogens (tertiary/aromatic N) is 4. The number of aryl methyl sites for hydroxylation is 1. The van der Waals surface area contributed by atoms with Crippen molar-refractivity contribution in [3.05, 3.63) is 63.5 Å². The lowest BCUT2D eigenvalue weighted by molar-refractivity contribution is -0.122. The van der Waals surface area contributed by atoms with Gasteiger partial charge in [-0.15, -0.1) is 23.1 Å². The lowest BCUT2D eigenvalue weighted by Crippen LogP contribution is -2.43. The Balaban J connectivity index is 1.89. The predicted molar refractivity (Wildman–Crippen MR) is 150 cm³/mol. The summed E-state index contributed by atoms with van der Waals surface area (Å²) in [4.78, 5) is 31.5. The fourth-order valence-corrected chi connectivity index (χ4v) is 6.47. The summed E-state index contributed by atoms with van der Waals surface area (Å²) in [5, 5.41) is 10.1. The highest BCUT2D eigenvalue weighted by atomic mass is 32.2. The van der Waals surface area contributed by atoms with Gasteiger partial charge < -0.3 is 10.2 Å². The number of anilines is 1. The highest BCUT2D eigenvalue weighted by molar-refractivity contribution is 8.00. The lowest BCUT2D eigenvalue weighted by Gasteiger charge is -2.24. The topological polar surface area (TPSA) is 70.5 Å². The van der Waals surface area contributed by atoms with Crippen LogP contribution in [0.5, 0.6) is 0 Å². The van der Waals surface area contributed by atoms with Crippen LogP contribution < -0.4 is 10.2 Å². The normalized spacial score (nSPS) is 16.2. The van der Waals surface area contributed by atoms with Crippen molar-refractivity contribution in [3.8, 4) is 5.69 Å². The van der Waals surface area contributed by atoms with Crippen molar-refractivity contribution in [1.29, 1.82) is 0 Å². The molecule has 192 valence electrons. The maximum absolute atomic E-state index is 13.6. The zero-order valence-electron chi connectivity index (χ0n) is 21.9. The van der Waals surface area contributed by atoms with Crippen LogP contribution >= 0.6 is 23.1 Å². The number of fused-ring (bicyclic) bond motifs is 1. The number of rotatable bonds is 7. The molecule has 1 aliphatic rings. The first-order valence-electron chi connectivity index (χ1n) is 12.1. The van der Waals surface area contributed by atoms with Crippen molar-refractivity contribution in [3.63, 3.8) is 0 Å². The Morgan fingerprint density at radius 3 is 2.64 bits per heavy atom. The number of carbonyl (C=O) groups is 2. The van der Waals surface area contributed by atoms with Crippen LogP contribution in [0.4, 0.5) is 5.82 Å². The van der Waals surface area contributed by atoms with Crippen molar-refractivity contribution < 1.29 is 9.59 Å². The number of hydrogen-bond acceptors (Lipinski definition) is 6. The molecule has 0 fully saturated rings. The van der Waals surface area contributed by atoms with E-state index in [4.69, 9.17) is 5.10 Å². The van der Waals surface area contributed by atoms with Crippen LogP contribution in [0.15, 0.2) is 41.8 Å². The van der Waals surface area contributed by atoms with E-state index in [0.29, 0.717) is 18.1 Å². The molecule has 0 saturated heterocycles. The van der Waals surface area contributed by atoms with Crippen molar-refractivity contribution in [2.75, 3.05) is 44.4 Å². The van der Waals surface area contributed by atoms with Gasteiger partial charge in [0.25, 0.3) is 0 Å².